The van der Waals surface area contributed by atoms with Gasteiger partial charge in [-0.1, -0.05) is 66.4 Å². The molecule has 4 heteroatoms. The zero-order valence-electron chi connectivity index (χ0n) is 23.9. The molecular weight excluding hydrogens is 508 g/mol. The second-order valence-electron chi connectivity index (χ2n) is 11.2. The van der Waals surface area contributed by atoms with Crippen molar-refractivity contribution in [3.8, 4) is 5.75 Å². The van der Waals surface area contributed by atoms with Crippen molar-refractivity contribution in [2.75, 3.05) is 18.5 Å². The molecule has 2 aliphatic rings. The third-order valence-corrected chi connectivity index (χ3v) is 9.28. The van der Waals surface area contributed by atoms with Gasteiger partial charge in [-0.25, -0.2) is 0 Å². The van der Waals surface area contributed by atoms with Crippen molar-refractivity contribution >= 4 is 39.6 Å². The Bertz CT molecular complexity index is 1650. The highest BCUT2D eigenvalue weighted by Crippen LogP contribution is 2.49. The first-order valence-electron chi connectivity index (χ1n) is 14.1. The summed E-state index contributed by atoms with van der Waals surface area (Å²) in [6.07, 6.45) is 6.50. The molecule has 2 heterocycles. The van der Waals surface area contributed by atoms with E-state index in [1.165, 1.54) is 48.9 Å². The van der Waals surface area contributed by atoms with Crippen LogP contribution in [-0.2, 0) is 11.8 Å². The van der Waals surface area contributed by atoms with Gasteiger partial charge in [-0.15, -0.1) is 6.58 Å². The molecule has 4 aromatic carbocycles. The Labute approximate surface area is 242 Å². The number of rotatable bonds is 8. The topological polar surface area (TPSA) is 15.5 Å². The van der Waals surface area contributed by atoms with Crippen LogP contribution in [0.5, 0.6) is 5.75 Å². The van der Waals surface area contributed by atoms with Crippen LogP contribution in [0.2, 0.25) is 0 Å². The summed E-state index contributed by atoms with van der Waals surface area (Å²) in [6, 6.07) is 30.7. The lowest BCUT2D eigenvalue weighted by Crippen LogP contribution is -2.32. The maximum atomic E-state index is 5.88. The molecule has 1 unspecified atom stereocenters. The Morgan fingerprint density at radius 2 is 1.73 bits per heavy atom. The first kappa shape index (κ1) is 26.5. The van der Waals surface area contributed by atoms with E-state index in [-0.39, 0.29) is 11.5 Å². The Kier molecular flexibility index (Phi) is 7.06. The van der Waals surface area contributed by atoms with Crippen molar-refractivity contribution in [3.05, 3.63) is 120 Å². The van der Waals surface area contributed by atoms with E-state index in [0.29, 0.717) is 0 Å². The Morgan fingerprint density at radius 1 is 0.975 bits per heavy atom. The van der Waals surface area contributed by atoms with Crippen LogP contribution in [0.25, 0.3) is 10.8 Å². The second kappa shape index (κ2) is 10.7. The van der Waals surface area contributed by atoms with Crippen LogP contribution in [0.4, 0.5) is 11.4 Å². The average Bonchev–Trinajstić information content (AvgIpc) is 3.39. The number of benzene rings is 4. The Morgan fingerprint density at radius 3 is 2.48 bits per heavy atom. The van der Waals surface area contributed by atoms with Crippen molar-refractivity contribution in [1.82, 2.24) is 0 Å². The minimum atomic E-state index is -0.198. The molecule has 202 valence electrons. The van der Waals surface area contributed by atoms with Crippen LogP contribution in [0.3, 0.4) is 0 Å². The standard InChI is InChI=1S/C36H37N2OS/c1-6-22-36(4)33(24-34-37(5)30-13-9-10-14-32(30)40-34)38(23-21-26-15-18-28(19-16-26)39-25(2)3)31-20-17-27-11-7-8-12-29(27)35(31)36/h6-20,24-25H,1,21-23H2,2-5H3/q+1. The first-order chi connectivity index (χ1) is 19.4. The van der Waals surface area contributed by atoms with Gasteiger partial charge in [0.1, 0.15) is 5.75 Å². The van der Waals surface area contributed by atoms with Crippen LogP contribution >= 0.6 is 11.8 Å². The van der Waals surface area contributed by atoms with Crippen LogP contribution in [0.15, 0.2) is 114 Å². The summed E-state index contributed by atoms with van der Waals surface area (Å²) in [5.74, 6) is 0.924. The van der Waals surface area contributed by atoms with Gasteiger partial charge in [-0.3, -0.25) is 0 Å². The summed E-state index contributed by atoms with van der Waals surface area (Å²) in [5, 5.41) is 3.86. The number of hydrogen-bond donors (Lipinski definition) is 0. The van der Waals surface area contributed by atoms with Crippen LogP contribution in [-0.4, -0.2) is 30.0 Å². The number of anilines is 1. The van der Waals surface area contributed by atoms with E-state index in [1.54, 1.807) is 0 Å². The van der Waals surface area contributed by atoms with E-state index in [2.05, 4.69) is 141 Å². The summed E-state index contributed by atoms with van der Waals surface area (Å²) in [4.78, 5) is 3.63. The summed E-state index contributed by atoms with van der Waals surface area (Å²) < 4.78 is 8.44. The molecule has 6 rings (SSSR count). The third kappa shape index (κ3) is 4.65. The fourth-order valence-electron chi connectivity index (χ4n) is 6.21. The molecule has 2 aliphatic heterocycles. The van der Waals surface area contributed by atoms with E-state index in [0.717, 1.165) is 25.1 Å². The van der Waals surface area contributed by atoms with Crippen LogP contribution in [0, 0.1) is 0 Å². The predicted octanol–water partition coefficient (Wildman–Crippen LogP) is 8.89. The maximum Gasteiger partial charge on any atom is 0.210 e. The van der Waals surface area contributed by atoms with E-state index in [1.807, 2.05) is 11.8 Å². The molecule has 0 spiro atoms. The summed E-state index contributed by atoms with van der Waals surface area (Å²) in [6.45, 7) is 11.6. The smallest absolute Gasteiger partial charge is 0.210 e. The van der Waals surface area contributed by atoms with Gasteiger partial charge in [-0.2, -0.15) is 4.58 Å². The molecule has 0 fully saturated rings. The van der Waals surface area contributed by atoms with Gasteiger partial charge in [-0.05, 0) is 73.9 Å². The van der Waals surface area contributed by atoms with Gasteiger partial charge in [0.25, 0.3) is 0 Å². The van der Waals surface area contributed by atoms with E-state index in [9.17, 15) is 0 Å². The van der Waals surface area contributed by atoms with Crippen molar-refractivity contribution in [3.63, 3.8) is 0 Å². The van der Waals surface area contributed by atoms with Gasteiger partial charge in [0.05, 0.1) is 22.2 Å². The molecule has 0 N–H and O–H groups in total. The van der Waals surface area contributed by atoms with E-state index in [4.69, 9.17) is 4.74 Å². The Hall–Kier alpha value is -3.76. The predicted molar refractivity (Wildman–Crippen MR) is 171 cm³/mol. The summed E-state index contributed by atoms with van der Waals surface area (Å²) >= 11 is 1.85. The van der Waals surface area contributed by atoms with E-state index >= 15 is 0 Å². The van der Waals surface area contributed by atoms with Gasteiger partial charge >= 0.3 is 0 Å². The molecular formula is C36H37N2OS+. The quantitative estimate of drug-likeness (QED) is 0.162. The normalized spacial score (nSPS) is 19.0. The molecule has 0 aromatic heterocycles. The summed E-state index contributed by atoms with van der Waals surface area (Å²) in [5.41, 5.74) is 6.42. The minimum absolute atomic E-state index is 0.173. The number of thioether (sulfide) groups is 1. The van der Waals surface area contributed by atoms with E-state index < -0.39 is 0 Å². The van der Waals surface area contributed by atoms with Crippen molar-refractivity contribution in [2.24, 2.45) is 0 Å². The highest BCUT2D eigenvalue weighted by atomic mass is 32.2. The molecule has 0 bridgehead atoms. The molecule has 0 amide bonds. The third-order valence-electron chi connectivity index (χ3n) is 8.11. The molecule has 0 aliphatic carbocycles. The van der Waals surface area contributed by atoms with Crippen molar-refractivity contribution in [2.45, 2.75) is 50.0 Å². The van der Waals surface area contributed by atoms with Crippen molar-refractivity contribution in [1.29, 1.82) is 0 Å². The number of fused-ring (bicyclic) bond motifs is 4. The van der Waals surface area contributed by atoms with Gasteiger partial charge < -0.3 is 9.64 Å². The molecule has 3 nitrogen and oxygen atoms in total. The molecule has 4 aromatic rings. The first-order valence-corrected chi connectivity index (χ1v) is 15.0. The lowest BCUT2D eigenvalue weighted by molar-refractivity contribution is -0.436. The van der Waals surface area contributed by atoms with Crippen LogP contribution in [0.1, 0.15) is 38.3 Å². The zero-order valence-corrected chi connectivity index (χ0v) is 24.7. The lowest BCUT2D eigenvalue weighted by atomic mass is 9.75. The summed E-state index contributed by atoms with van der Waals surface area (Å²) in [7, 11) is 2.18. The van der Waals surface area contributed by atoms with Gasteiger partial charge in [0.15, 0.2) is 12.3 Å². The number of allylic oxidation sites excluding steroid dienone is 2. The van der Waals surface area contributed by atoms with Gasteiger partial charge in [0, 0.05) is 36.1 Å². The number of ether oxygens (including phenoxy) is 1. The fraction of sp³-hybridized carbons (Fsp3) is 0.250. The molecule has 40 heavy (non-hydrogen) atoms. The van der Waals surface area contributed by atoms with Crippen LogP contribution < -0.4 is 9.64 Å². The number of para-hydroxylation sites is 1. The maximum absolute atomic E-state index is 5.88. The molecule has 0 saturated carbocycles. The monoisotopic (exact) mass is 545 g/mol. The SMILES string of the molecule is C=CCC1(C)C(/C=C2\Sc3ccccc3N2C)=[N+](CCc2ccc(OC(C)C)cc2)c2ccc3ccccc3c21. The average molecular weight is 546 g/mol. The molecule has 1 atom stereocenters. The zero-order chi connectivity index (χ0) is 27.9. The minimum Gasteiger partial charge on any atom is -0.491 e. The van der Waals surface area contributed by atoms with Crippen molar-refractivity contribution < 1.29 is 9.31 Å². The Balaban J connectivity index is 1.46. The number of nitrogens with zero attached hydrogens (tertiary/aromatic N) is 2. The lowest BCUT2D eigenvalue weighted by Gasteiger charge is -2.23. The molecule has 0 radical (unpaired) electrons. The highest BCUT2D eigenvalue weighted by molar-refractivity contribution is 8.03. The fourth-order valence-corrected chi connectivity index (χ4v) is 7.29. The largest absolute Gasteiger partial charge is 0.491 e. The number of hydrogen-bond acceptors (Lipinski definition) is 3. The molecule has 0 saturated heterocycles. The second-order valence-corrected chi connectivity index (χ2v) is 12.3. The van der Waals surface area contributed by atoms with Gasteiger partial charge in [0.2, 0.25) is 5.69 Å². The highest BCUT2D eigenvalue weighted by Gasteiger charge is 2.48.